The number of rotatable bonds is 4. The van der Waals surface area contributed by atoms with Gasteiger partial charge in [0, 0.05) is 5.92 Å². The molecule has 84 valence electrons. The molecule has 2 heteroatoms. The van der Waals surface area contributed by atoms with E-state index >= 15 is 0 Å². The van der Waals surface area contributed by atoms with Gasteiger partial charge in [0.15, 0.2) is 5.78 Å². The van der Waals surface area contributed by atoms with Crippen LogP contribution in [0.1, 0.15) is 48.5 Å². The summed E-state index contributed by atoms with van der Waals surface area (Å²) in [5, 5.41) is 0. The summed E-state index contributed by atoms with van der Waals surface area (Å²) in [6.07, 6.45) is -0.269. The minimum absolute atomic E-state index is 0.0461. The van der Waals surface area contributed by atoms with Gasteiger partial charge >= 0.3 is 0 Å². The maximum absolute atomic E-state index is 11.8. The molecule has 0 radical (unpaired) electrons. The van der Waals surface area contributed by atoms with Crippen molar-refractivity contribution in [1.82, 2.24) is 0 Å². The summed E-state index contributed by atoms with van der Waals surface area (Å²) in [6.45, 7) is 13.8. The third kappa shape index (κ3) is 4.75. The molecule has 0 bridgehead atoms. The zero-order valence-electron chi connectivity index (χ0n) is 10.5. The number of ketones is 1. The van der Waals surface area contributed by atoms with Crippen molar-refractivity contribution in [2.45, 2.75) is 60.2 Å². The first-order valence-corrected chi connectivity index (χ1v) is 5.36. The van der Waals surface area contributed by atoms with Crippen LogP contribution in [0.3, 0.4) is 0 Å². The molecule has 14 heavy (non-hydrogen) atoms. The highest BCUT2D eigenvalue weighted by atomic mass is 16.5. The van der Waals surface area contributed by atoms with Gasteiger partial charge in [-0.3, -0.25) is 4.79 Å². The Bertz CT molecular complexity index is 187. The van der Waals surface area contributed by atoms with Gasteiger partial charge in [0.05, 0.1) is 5.60 Å². The molecule has 0 amide bonds. The molecular weight excluding hydrogens is 176 g/mol. The van der Waals surface area contributed by atoms with Crippen molar-refractivity contribution < 1.29 is 9.53 Å². The minimum Gasteiger partial charge on any atom is -0.365 e. The van der Waals surface area contributed by atoms with Crippen LogP contribution in [-0.4, -0.2) is 17.5 Å². The fourth-order valence-electron chi connectivity index (χ4n) is 1.23. The Balaban J connectivity index is 4.54. The van der Waals surface area contributed by atoms with E-state index in [1.54, 1.807) is 0 Å². The van der Waals surface area contributed by atoms with Crippen molar-refractivity contribution in [2.75, 3.05) is 0 Å². The summed E-state index contributed by atoms with van der Waals surface area (Å²) in [4.78, 5) is 11.8. The van der Waals surface area contributed by atoms with Crippen LogP contribution in [0.4, 0.5) is 0 Å². The normalized spacial score (nSPS) is 14.9. The SMILES string of the molecule is CC(C)C(=O)[C@H](OC(C)(C)C)C(C)C. The molecule has 0 aromatic heterocycles. The zero-order valence-corrected chi connectivity index (χ0v) is 10.5. The average molecular weight is 200 g/mol. The maximum Gasteiger partial charge on any atom is 0.164 e. The van der Waals surface area contributed by atoms with Gasteiger partial charge in [0.2, 0.25) is 0 Å². The lowest BCUT2D eigenvalue weighted by atomic mass is 9.95. The number of carbonyl (C=O) groups excluding carboxylic acids is 1. The van der Waals surface area contributed by atoms with Gasteiger partial charge in [-0.05, 0) is 26.7 Å². The van der Waals surface area contributed by atoms with Gasteiger partial charge < -0.3 is 4.74 Å². The van der Waals surface area contributed by atoms with Gasteiger partial charge in [0.1, 0.15) is 6.10 Å². The van der Waals surface area contributed by atoms with Gasteiger partial charge in [-0.15, -0.1) is 0 Å². The first kappa shape index (κ1) is 13.6. The lowest BCUT2D eigenvalue weighted by Gasteiger charge is -2.30. The van der Waals surface area contributed by atoms with Crippen molar-refractivity contribution in [2.24, 2.45) is 11.8 Å². The molecule has 0 aromatic rings. The number of hydrogen-bond acceptors (Lipinski definition) is 2. The fraction of sp³-hybridized carbons (Fsp3) is 0.917. The molecule has 0 heterocycles. The van der Waals surface area contributed by atoms with Crippen molar-refractivity contribution in [1.29, 1.82) is 0 Å². The number of ether oxygens (including phenoxy) is 1. The second-order valence-electron chi connectivity index (χ2n) is 5.45. The molecule has 0 spiro atoms. The highest BCUT2D eigenvalue weighted by Crippen LogP contribution is 2.19. The number of Topliss-reactive ketones (excluding diaryl/α,β-unsaturated/α-hetero) is 1. The summed E-state index contributed by atoms with van der Waals surface area (Å²) in [6, 6.07) is 0. The molecule has 0 aliphatic carbocycles. The van der Waals surface area contributed by atoms with Crippen LogP contribution in [0.25, 0.3) is 0 Å². The van der Waals surface area contributed by atoms with Crippen LogP contribution in [0, 0.1) is 11.8 Å². The van der Waals surface area contributed by atoms with Gasteiger partial charge in [-0.1, -0.05) is 27.7 Å². The Morgan fingerprint density at radius 1 is 1.07 bits per heavy atom. The van der Waals surface area contributed by atoms with Gasteiger partial charge in [0.25, 0.3) is 0 Å². The Morgan fingerprint density at radius 2 is 1.50 bits per heavy atom. The summed E-state index contributed by atoms with van der Waals surface area (Å²) in [5.41, 5.74) is -0.251. The monoisotopic (exact) mass is 200 g/mol. The van der Waals surface area contributed by atoms with Crippen LogP contribution < -0.4 is 0 Å². The first-order chi connectivity index (χ1) is 6.15. The summed E-state index contributed by atoms with van der Waals surface area (Å²) in [5.74, 6) is 0.490. The fourth-order valence-corrected chi connectivity index (χ4v) is 1.23. The predicted molar refractivity (Wildman–Crippen MR) is 59.3 cm³/mol. The smallest absolute Gasteiger partial charge is 0.164 e. The molecule has 0 aliphatic rings. The van der Waals surface area contributed by atoms with E-state index in [0.717, 1.165) is 0 Å². The van der Waals surface area contributed by atoms with Crippen molar-refractivity contribution in [3.63, 3.8) is 0 Å². The topological polar surface area (TPSA) is 26.3 Å². The molecular formula is C12H24O2. The van der Waals surface area contributed by atoms with E-state index in [9.17, 15) is 4.79 Å². The van der Waals surface area contributed by atoms with E-state index in [2.05, 4.69) is 0 Å². The largest absolute Gasteiger partial charge is 0.365 e. The molecule has 0 N–H and O–H groups in total. The predicted octanol–water partition coefficient (Wildman–Crippen LogP) is 3.05. The third-order valence-corrected chi connectivity index (χ3v) is 1.94. The quantitative estimate of drug-likeness (QED) is 0.697. The van der Waals surface area contributed by atoms with E-state index in [-0.39, 0.29) is 29.3 Å². The molecule has 2 nitrogen and oxygen atoms in total. The first-order valence-electron chi connectivity index (χ1n) is 5.36. The Hall–Kier alpha value is -0.370. The lowest BCUT2D eigenvalue weighted by Crippen LogP contribution is -2.39. The summed E-state index contributed by atoms with van der Waals surface area (Å²) in [7, 11) is 0. The standard InChI is InChI=1S/C12H24O2/c1-8(2)10(13)11(9(3)4)14-12(5,6)7/h8-9,11H,1-7H3/t11-/m1/s1. The number of hydrogen-bond donors (Lipinski definition) is 0. The molecule has 0 aliphatic heterocycles. The third-order valence-electron chi connectivity index (χ3n) is 1.94. The molecule has 0 saturated carbocycles. The maximum atomic E-state index is 11.8. The molecule has 1 atom stereocenters. The minimum atomic E-state index is -0.269. The van der Waals surface area contributed by atoms with Crippen LogP contribution in [0.2, 0.25) is 0 Å². The second kappa shape index (κ2) is 4.92. The van der Waals surface area contributed by atoms with E-state index in [4.69, 9.17) is 4.74 Å². The van der Waals surface area contributed by atoms with Crippen molar-refractivity contribution in [3.05, 3.63) is 0 Å². The molecule has 0 aromatic carbocycles. The molecule has 0 unspecified atom stereocenters. The highest BCUT2D eigenvalue weighted by molar-refractivity contribution is 5.85. The van der Waals surface area contributed by atoms with Crippen LogP contribution in [-0.2, 0) is 9.53 Å². The molecule has 0 fully saturated rings. The van der Waals surface area contributed by atoms with Crippen molar-refractivity contribution >= 4 is 5.78 Å². The summed E-state index contributed by atoms with van der Waals surface area (Å²) >= 11 is 0. The van der Waals surface area contributed by atoms with Crippen molar-refractivity contribution in [3.8, 4) is 0 Å². The van der Waals surface area contributed by atoms with E-state index in [1.807, 2.05) is 48.5 Å². The van der Waals surface area contributed by atoms with E-state index < -0.39 is 0 Å². The van der Waals surface area contributed by atoms with Crippen LogP contribution in [0.15, 0.2) is 0 Å². The number of carbonyl (C=O) groups is 1. The second-order valence-corrected chi connectivity index (χ2v) is 5.45. The Morgan fingerprint density at radius 3 is 1.71 bits per heavy atom. The van der Waals surface area contributed by atoms with Crippen LogP contribution in [0.5, 0.6) is 0 Å². The highest BCUT2D eigenvalue weighted by Gasteiger charge is 2.29. The Labute approximate surface area is 88.0 Å². The molecule has 0 rings (SSSR count). The Kier molecular flexibility index (Phi) is 4.79. The average Bonchev–Trinajstić information content (AvgIpc) is 1.96. The van der Waals surface area contributed by atoms with Gasteiger partial charge in [-0.25, -0.2) is 0 Å². The van der Waals surface area contributed by atoms with Crippen LogP contribution >= 0.6 is 0 Å². The van der Waals surface area contributed by atoms with E-state index in [1.165, 1.54) is 0 Å². The zero-order chi connectivity index (χ0) is 11.5. The molecule has 0 saturated heterocycles. The van der Waals surface area contributed by atoms with E-state index in [0.29, 0.717) is 0 Å². The summed E-state index contributed by atoms with van der Waals surface area (Å²) < 4.78 is 5.77. The van der Waals surface area contributed by atoms with Gasteiger partial charge in [-0.2, -0.15) is 0 Å². The lowest BCUT2D eigenvalue weighted by molar-refractivity contribution is -0.148.